The minimum atomic E-state index is 0. The first-order valence-corrected chi connectivity index (χ1v) is 0. The predicted molar refractivity (Wildman–Crippen MR) is 1.94 cm³/mol. The first kappa shape index (κ1) is 55.5. The van der Waals surface area contributed by atoms with E-state index in [0.29, 0.717) is 0 Å². The molecule has 5 heavy (non-hydrogen) atoms. The first-order chi connectivity index (χ1) is 0. The van der Waals surface area contributed by atoms with Crippen LogP contribution in [-0.2, 0) is 25.8 Å². The molecule has 0 unspecified atom stereocenters. The monoisotopic (exact) mass is 434 g/mol. The van der Waals surface area contributed by atoms with Crippen molar-refractivity contribution in [1.82, 2.24) is 0 Å². The molecule has 0 aliphatic carbocycles. The summed E-state index contributed by atoms with van der Waals surface area (Å²) in [6, 6.07) is 0. The fourth-order valence-corrected chi connectivity index (χ4v) is 0. The second kappa shape index (κ2) is 33.8. The van der Waals surface area contributed by atoms with Gasteiger partial charge < -0.3 is 56.4 Å². The number of halogens is 3. The molecule has 5 heteroatoms. The summed E-state index contributed by atoms with van der Waals surface area (Å²) >= 11 is 0. The zero-order valence-electron chi connectivity index (χ0n) is 2.08. The smallest absolute Gasteiger partial charge is 1.00 e. The molecule has 0 rings (SSSR count). The van der Waals surface area contributed by atoms with Crippen LogP contribution in [0.3, 0.4) is 0 Å². The van der Waals surface area contributed by atoms with Gasteiger partial charge in [0.1, 0.15) is 0 Å². The quantitative estimate of drug-likeness (QED) is 0.348. The molecular formula is HBr3HfO. The van der Waals surface area contributed by atoms with Gasteiger partial charge in [0.05, 0.1) is 0 Å². The Morgan fingerprint density at radius 1 is 0.600 bits per heavy atom. The summed E-state index contributed by atoms with van der Waals surface area (Å²) in [4.78, 5) is 0. The summed E-state index contributed by atoms with van der Waals surface area (Å²) in [5, 5.41) is 0. The van der Waals surface area contributed by atoms with Crippen LogP contribution in [-0.4, -0.2) is 5.48 Å². The van der Waals surface area contributed by atoms with E-state index in [4.69, 9.17) is 0 Å². The average molecular weight is 435 g/mol. The summed E-state index contributed by atoms with van der Waals surface area (Å²) in [5.74, 6) is 0. The molecule has 0 aliphatic heterocycles. The molecule has 0 bridgehead atoms. The van der Waals surface area contributed by atoms with Crippen molar-refractivity contribution in [2.45, 2.75) is 0 Å². The van der Waals surface area contributed by atoms with E-state index in [1.165, 1.54) is 0 Å². The van der Waals surface area contributed by atoms with Crippen molar-refractivity contribution in [3.8, 4) is 0 Å². The molecule has 0 amide bonds. The van der Waals surface area contributed by atoms with Gasteiger partial charge in [0, 0.05) is 0 Å². The molecule has 0 aliphatic rings. The van der Waals surface area contributed by atoms with Crippen molar-refractivity contribution >= 4 is 0 Å². The molecule has 32 valence electrons. The van der Waals surface area contributed by atoms with Gasteiger partial charge in [0.25, 0.3) is 0 Å². The minimum Gasteiger partial charge on any atom is -1.00 e. The van der Waals surface area contributed by atoms with Gasteiger partial charge in [-0.2, -0.15) is 0 Å². The van der Waals surface area contributed by atoms with Gasteiger partial charge in [-0.3, -0.25) is 0 Å². The molecule has 0 saturated carbocycles. The van der Waals surface area contributed by atoms with Crippen LogP contribution in [0.2, 0.25) is 0 Å². The summed E-state index contributed by atoms with van der Waals surface area (Å²) in [7, 11) is 0. The Morgan fingerprint density at radius 2 is 0.600 bits per heavy atom. The maximum atomic E-state index is 0. The normalized spacial score (nSPS) is 0. The zero-order chi connectivity index (χ0) is 0. The first-order valence-electron chi connectivity index (χ1n) is 0. The Balaban J connectivity index is 0. The van der Waals surface area contributed by atoms with Crippen molar-refractivity contribution in [3.63, 3.8) is 0 Å². The van der Waals surface area contributed by atoms with Gasteiger partial charge >= 0.3 is 25.8 Å². The Bertz CT molecular complexity index is 6.85. The molecular weight excluding hydrogens is 434 g/mol. The molecule has 1 N–H and O–H groups in total. The van der Waals surface area contributed by atoms with E-state index in [-0.39, 0.29) is 82.3 Å². The van der Waals surface area contributed by atoms with Gasteiger partial charge in [-0.25, -0.2) is 0 Å². The number of hydrogen-bond acceptors (Lipinski definition) is 1. The van der Waals surface area contributed by atoms with E-state index in [0.717, 1.165) is 0 Å². The SMILES string of the molecule is [Br-].[Br-].[Br-].[Hf+4].[OH-]. The van der Waals surface area contributed by atoms with Crippen molar-refractivity contribution in [2.24, 2.45) is 0 Å². The maximum absolute atomic E-state index is 0. The third kappa shape index (κ3) is 22.2. The summed E-state index contributed by atoms with van der Waals surface area (Å²) < 4.78 is 0. The van der Waals surface area contributed by atoms with Crippen LogP contribution in [0.5, 0.6) is 0 Å². The molecule has 0 aromatic carbocycles. The molecule has 0 spiro atoms. The standard InChI is InChI=1S/3BrH.Hf.H2O/h3*1H;;1H2/q;;;+4;/p-4. The Hall–Kier alpha value is 2.27. The fraction of sp³-hybridized carbons (Fsp3) is 0. The average Bonchev–Trinajstić information content (AvgIpc) is 0. The Kier molecular flexibility index (Phi) is 375. The molecule has 0 fully saturated rings. The minimum absolute atomic E-state index is 0. The second-order valence-electron chi connectivity index (χ2n) is 0. The molecule has 0 aromatic heterocycles. The largest absolute Gasteiger partial charge is 4.00 e. The maximum Gasteiger partial charge on any atom is 4.00 e. The van der Waals surface area contributed by atoms with Crippen LogP contribution in [0.4, 0.5) is 0 Å². The fourth-order valence-electron chi connectivity index (χ4n) is 0. The Labute approximate surface area is 81.3 Å². The van der Waals surface area contributed by atoms with E-state index in [2.05, 4.69) is 0 Å². The second-order valence-corrected chi connectivity index (χ2v) is 0. The number of rotatable bonds is 0. The van der Waals surface area contributed by atoms with Crippen molar-refractivity contribution < 1.29 is 82.3 Å². The summed E-state index contributed by atoms with van der Waals surface area (Å²) in [6.45, 7) is 0. The van der Waals surface area contributed by atoms with Crippen LogP contribution in [0, 0.1) is 0 Å². The van der Waals surface area contributed by atoms with Crippen LogP contribution in [0.1, 0.15) is 0 Å². The van der Waals surface area contributed by atoms with Gasteiger partial charge in [-0.15, -0.1) is 0 Å². The molecule has 0 radical (unpaired) electrons. The van der Waals surface area contributed by atoms with Crippen molar-refractivity contribution in [2.75, 3.05) is 0 Å². The topological polar surface area (TPSA) is 30.0 Å². The van der Waals surface area contributed by atoms with E-state index in [1.54, 1.807) is 0 Å². The summed E-state index contributed by atoms with van der Waals surface area (Å²) in [5.41, 5.74) is 0. The molecule has 0 atom stereocenters. The van der Waals surface area contributed by atoms with Gasteiger partial charge in [-0.05, 0) is 0 Å². The van der Waals surface area contributed by atoms with Gasteiger partial charge in [0.2, 0.25) is 0 Å². The van der Waals surface area contributed by atoms with E-state index < -0.39 is 0 Å². The third-order valence-corrected chi connectivity index (χ3v) is 0. The van der Waals surface area contributed by atoms with Crippen molar-refractivity contribution in [1.29, 1.82) is 0 Å². The molecule has 0 aromatic rings. The molecule has 1 nitrogen and oxygen atoms in total. The summed E-state index contributed by atoms with van der Waals surface area (Å²) in [6.07, 6.45) is 0. The molecule has 0 heterocycles. The van der Waals surface area contributed by atoms with Crippen LogP contribution >= 0.6 is 0 Å². The van der Waals surface area contributed by atoms with E-state index in [9.17, 15) is 0 Å². The van der Waals surface area contributed by atoms with Gasteiger partial charge in [0.15, 0.2) is 0 Å². The van der Waals surface area contributed by atoms with Crippen molar-refractivity contribution in [3.05, 3.63) is 0 Å². The van der Waals surface area contributed by atoms with Gasteiger partial charge in [-0.1, -0.05) is 0 Å². The van der Waals surface area contributed by atoms with Crippen LogP contribution in [0.25, 0.3) is 0 Å². The molecule has 0 saturated heterocycles. The third-order valence-electron chi connectivity index (χ3n) is 0. The van der Waals surface area contributed by atoms with E-state index in [1.807, 2.05) is 0 Å². The predicted octanol–water partition coefficient (Wildman–Crippen LogP) is -9.17. The van der Waals surface area contributed by atoms with E-state index >= 15 is 0 Å². The zero-order valence-corrected chi connectivity index (χ0v) is 10.4. The van der Waals surface area contributed by atoms with Crippen LogP contribution in [0.15, 0.2) is 0 Å². The van der Waals surface area contributed by atoms with Crippen LogP contribution < -0.4 is 50.9 Å². The Morgan fingerprint density at radius 3 is 0.600 bits per heavy atom. The number of hydrogen-bond donors (Lipinski definition) is 0.